The second-order valence-electron chi connectivity index (χ2n) is 5.88. The van der Waals surface area contributed by atoms with Crippen molar-refractivity contribution in [2.45, 2.75) is 37.8 Å². The number of benzene rings is 1. The van der Waals surface area contributed by atoms with Gasteiger partial charge in [0.25, 0.3) is 11.8 Å². The van der Waals surface area contributed by atoms with Gasteiger partial charge in [-0.25, -0.2) is 4.79 Å². The van der Waals surface area contributed by atoms with E-state index >= 15 is 0 Å². The maximum absolute atomic E-state index is 12.4. The Labute approximate surface area is 128 Å². The molecule has 1 aliphatic heterocycles. The lowest BCUT2D eigenvalue weighted by Crippen LogP contribution is -2.46. The second-order valence-corrected chi connectivity index (χ2v) is 5.88. The van der Waals surface area contributed by atoms with Gasteiger partial charge in [-0.2, -0.15) is 0 Å². The Balaban J connectivity index is 1.72. The monoisotopic (exact) mass is 302 g/mol. The summed E-state index contributed by atoms with van der Waals surface area (Å²) < 4.78 is 0. The number of imide groups is 1. The van der Waals surface area contributed by atoms with Gasteiger partial charge in [0.2, 0.25) is 0 Å². The van der Waals surface area contributed by atoms with E-state index in [0.717, 1.165) is 0 Å². The molecule has 3 rings (SSSR count). The summed E-state index contributed by atoms with van der Waals surface area (Å²) in [6, 6.07) is 6.70. The lowest BCUT2D eigenvalue weighted by molar-refractivity contribution is 0.0503. The van der Waals surface area contributed by atoms with E-state index in [-0.39, 0.29) is 23.9 Å². The van der Waals surface area contributed by atoms with Crippen molar-refractivity contribution < 1.29 is 19.5 Å². The van der Waals surface area contributed by atoms with Crippen LogP contribution in [0.25, 0.3) is 0 Å². The summed E-state index contributed by atoms with van der Waals surface area (Å²) in [5.74, 6) is -0.453. The minimum Gasteiger partial charge on any atom is -0.465 e. The van der Waals surface area contributed by atoms with Crippen LogP contribution in [0.4, 0.5) is 4.79 Å². The zero-order chi connectivity index (χ0) is 15.9. The van der Waals surface area contributed by atoms with Gasteiger partial charge in [0.05, 0.1) is 11.1 Å². The Hall–Kier alpha value is -2.37. The third-order valence-corrected chi connectivity index (χ3v) is 4.71. The highest BCUT2D eigenvalue weighted by atomic mass is 16.4. The second kappa shape index (κ2) is 5.44. The first-order valence-corrected chi connectivity index (χ1v) is 7.43. The van der Waals surface area contributed by atoms with Gasteiger partial charge in [0.15, 0.2) is 0 Å². The number of rotatable bonds is 2. The van der Waals surface area contributed by atoms with Crippen molar-refractivity contribution in [2.24, 2.45) is 0 Å². The van der Waals surface area contributed by atoms with Gasteiger partial charge in [0, 0.05) is 19.1 Å². The number of fused-ring (bicyclic) bond motifs is 1. The minimum absolute atomic E-state index is 0.0380. The largest absolute Gasteiger partial charge is 0.465 e. The molecular formula is C16H18N2O4. The molecule has 0 atom stereocenters. The first-order chi connectivity index (χ1) is 10.5. The van der Waals surface area contributed by atoms with E-state index in [9.17, 15) is 14.4 Å². The predicted molar refractivity (Wildman–Crippen MR) is 78.8 cm³/mol. The summed E-state index contributed by atoms with van der Waals surface area (Å²) in [5.41, 5.74) is 0.939. The molecule has 0 spiro atoms. The SMILES string of the molecule is CN(C(=O)O)C1CCC(N2C(=O)c3ccccc3C2=O)CC1. The van der Waals surface area contributed by atoms with Gasteiger partial charge in [0.1, 0.15) is 0 Å². The third kappa shape index (κ3) is 2.24. The molecule has 0 bridgehead atoms. The molecule has 22 heavy (non-hydrogen) atoms. The average molecular weight is 302 g/mol. The fourth-order valence-corrected chi connectivity index (χ4v) is 3.40. The molecule has 6 heteroatoms. The van der Waals surface area contributed by atoms with Crippen LogP contribution in [0.2, 0.25) is 0 Å². The van der Waals surface area contributed by atoms with E-state index in [1.807, 2.05) is 0 Å². The number of carbonyl (C=O) groups excluding carboxylic acids is 2. The molecule has 1 aromatic carbocycles. The van der Waals surface area contributed by atoms with E-state index in [1.54, 1.807) is 31.3 Å². The van der Waals surface area contributed by atoms with Gasteiger partial charge in [-0.3, -0.25) is 14.5 Å². The van der Waals surface area contributed by atoms with Crippen LogP contribution in [-0.4, -0.2) is 51.9 Å². The number of hydrogen-bond donors (Lipinski definition) is 1. The molecule has 1 aromatic rings. The summed E-state index contributed by atoms with van der Waals surface area (Å²) in [5, 5.41) is 9.02. The minimum atomic E-state index is -0.941. The molecule has 1 heterocycles. The zero-order valence-electron chi connectivity index (χ0n) is 12.4. The van der Waals surface area contributed by atoms with Crippen LogP contribution >= 0.6 is 0 Å². The van der Waals surface area contributed by atoms with Crippen LogP contribution in [0, 0.1) is 0 Å². The van der Waals surface area contributed by atoms with Gasteiger partial charge < -0.3 is 10.0 Å². The number of nitrogens with zero attached hydrogens (tertiary/aromatic N) is 2. The van der Waals surface area contributed by atoms with Gasteiger partial charge in [-0.1, -0.05) is 12.1 Å². The van der Waals surface area contributed by atoms with E-state index < -0.39 is 6.09 Å². The summed E-state index contributed by atoms with van der Waals surface area (Å²) in [6.07, 6.45) is 1.69. The molecule has 116 valence electrons. The van der Waals surface area contributed by atoms with Crippen LogP contribution in [0.15, 0.2) is 24.3 Å². The molecule has 0 saturated heterocycles. The molecule has 1 N–H and O–H groups in total. The normalized spacial score (nSPS) is 24.3. The lowest BCUT2D eigenvalue weighted by Gasteiger charge is -2.36. The highest BCUT2D eigenvalue weighted by molar-refractivity contribution is 6.21. The van der Waals surface area contributed by atoms with Crippen molar-refractivity contribution in [1.82, 2.24) is 9.80 Å². The van der Waals surface area contributed by atoms with Crippen molar-refractivity contribution in [3.05, 3.63) is 35.4 Å². The molecule has 6 nitrogen and oxygen atoms in total. The van der Waals surface area contributed by atoms with Crippen LogP contribution in [0.3, 0.4) is 0 Å². The summed E-state index contributed by atoms with van der Waals surface area (Å²) in [7, 11) is 1.56. The van der Waals surface area contributed by atoms with E-state index in [0.29, 0.717) is 36.8 Å². The van der Waals surface area contributed by atoms with Gasteiger partial charge in [-0.05, 0) is 37.8 Å². The average Bonchev–Trinajstić information content (AvgIpc) is 2.79. The number of hydrogen-bond acceptors (Lipinski definition) is 3. The molecule has 0 radical (unpaired) electrons. The molecule has 0 unspecified atom stereocenters. The lowest BCUT2D eigenvalue weighted by atomic mass is 9.89. The van der Waals surface area contributed by atoms with E-state index in [4.69, 9.17) is 5.11 Å². The predicted octanol–water partition coefficient (Wildman–Crippen LogP) is 2.20. The molecular weight excluding hydrogens is 284 g/mol. The topological polar surface area (TPSA) is 77.9 Å². The summed E-state index contributed by atoms with van der Waals surface area (Å²) in [4.78, 5) is 38.5. The standard InChI is InChI=1S/C16H18N2O4/c1-17(16(21)22)10-6-8-11(9-7-10)18-14(19)12-4-2-3-5-13(12)15(18)20/h2-5,10-11H,6-9H2,1H3,(H,21,22). The van der Waals surface area contributed by atoms with Crippen LogP contribution in [0.5, 0.6) is 0 Å². The zero-order valence-corrected chi connectivity index (χ0v) is 12.4. The molecule has 1 aliphatic carbocycles. The number of carboxylic acid groups (broad SMARTS) is 1. The molecule has 0 aromatic heterocycles. The Bertz CT molecular complexity index is 600. The molecule has 1 saturated carbocycles. The number of amides is 3. The third-order valence-electron chi connectivity index (χ3n) is 4.71. The highest BCUT2D eigenvalue weighted by Gasteiger charge is 2.41. The number of carbonyl (C=O) groups is 3. The Morgan fingerprint density at radius 3 is 2.05 bits per heavy atom. The highest BCUT2D eigenvalue weighted by Crippen LogP contribution is 2.32. The van der Waals surface area contributed by atoms with Gasteiger partial charge >= 0.3 is 6.09 Å². The van der Waals surface area contributed by atoms with Crippen LogP contribution in [0.1, 0.15) is 46.4 Å². The van der Waals surface area contributed by atoms with Crippen molar-refractivity contribution >= 4 is 17.9 Å². The first kappa shape index (κ1) is 14.6. The maximum Gasteiger partial charge on any atom is 0.407 e. The van der Waals surface area contributed by atoms with E-state index in [1.165, 1.54) is 9.80 Å². The van der Waals surface area contributed by atoms with Crippen LogP contribution in [-0.2, 0) is 0 Å². The smallest absolute Gasteiger partial charge is 0.407 e. The summed E-state index contributed by atoms with van der Waals surface area (Å²) in [6.45, 7) is 0. The fraction of sp³-hybridized carbons (Fsp3) is 0.438. The molecule has 3 amide bonds. The first-order valence-electron chi connectivity index (χ1n) is 7.43. The van der Waals surface area contributed by atoms with E-state index in [2.05, 4.69) is 0 Å². The van der Waals surface area contributed by atoms with Crippen LogP contribution < -0.4 is 0 Å². The fourth-order valence-electron chi connectivity index (χ4n) is 3.40. The van der Waals surface area contributed by atoms with Crippen molar-refractivity contribution in [3.8, 4) is 0 Å². The Kier molecular flexibility index (Phi) is 3.60. The molecule has 2 aliphatic rings. The quantitative estimate of drug-likeness (QED) is 0.850. The summed E-state index contributed by atoms with van der Waals surface area (Å²) >= 11 is 0. The van der Waals surface area contributed by atoms with Crippen molar-refractivity contribution in [3.63, 3.8) is 0 Å². The maximum atomic E-state index is 12.4. The van der Waals surface area contributed by atoms with Crippen molar-refractivity contribution in [2.75, 3.05) is 7.05 Å². The Morgan fingerprint density at radius 2 is 1.59 bits per heavy atom. The van der Waals surface area contributed by atoms with Crippen molar-refractivity contribution in [1.29, 1.82) is 0 Å². The molecule has 1 fully saturated rings. The van der Waals surface area contributed by atoms with Gasteiger partial charge in [-0.15, -0.1) is 0 Å². The Morgan fingerprint density at radius 1 is 1.09 bits per heavy atom.